The van der Waals surface area contributed by atoms with Crippen LogP contribution in [0.15, 0.2) is 42.5 Å². The summed E-state index contributed by atoms with van der Waals surface area (Å²) in [4.78, 5) is 23.5. The van der Waals surface area contributed by atoms with E-state index in [2.05, 4.69) is 5.32 Å². The second kappa shape index (κ2) is 11.1. The van der Waals surface area contributed by atoms with Gasteiger partial charge in [0, 0.05) is 17.8 Å². The van der Waals surface area contributed by atoms with Crippen molar-refractivity contribution >= 4 is 30.0 Å². The molecule has 7 heteroatoms. The molecule has 0 aliphatic rings. The maximum Gasteiger partial charge on any atom is 0.344 e. The molecule has 0 aliphatic carbocycles. The third kappa shape index (κ3) is 7.19. The molecular formula is C20H25ClN2O4. The topological polar surface area (TPSA) is 90.6 Å². The monoisotopic (exact) mass is 392 g/mol. The lowest BCUT2D eigenvalue weighted by Gasteiger charge is -2.09. The Morgan fingerprint density at radius 1 is 1.11 bits per heavy atom. The molecule has 1 amide bonds. The van der Waals surface area contributed by atoms with Crippen LogP contribution in [0.3, 0.4) is 0 Å². The molecule has 2 rings (SSSR count). The first-order valence-corrected chi connectivity index (χ1v) is 8.51. The summed E-state index contributed by atoms with van der Waals surface area (Å²) in [7, 11) is 0. The second-order valence-corrected chi connectivity index (χ2v) is 5.82. The highest BCUT2D eigenvalue weighted by Gasteiger charge is 2.09. The van der Waals surface area contributed by atoms with Crippen LogP contribution >= 0.6 is 12.4 Å². The van der Waals surface area contributed by atoms with Crippen molar-refractivity contribution in [2.24, 2.45) is 0 Å². The van der Waals surface area contributed by atoms with Crippen LogP contribution < -0.4 is 15.8 Å². The van der Waals surface area contributed by atoms with Crippen LogP contribution in [-0.4, -0.2) is 31.6 Å². The fraction of sp³-hybridized carbons (Fsp3) is 0.300. The van der Waals surface area contributed by atoms with Gasteiger partial charge in [-0.25, -0.2) is 4.79 Å². The summed E-state index contributed by atoms with van der Waals surface area (Å²) < 4.78 is 10.1. The first kappa shape index (κ1) is 22.3. The van der Waals surface area contributed by atoms with Crippen molar-refractivity contribution in [1.82, 2.24) is 5.32 Å². The average molecular weight is 393 g/mol. The minimum Gasteiger partial charge on any atom is -0.482 e. The molecule has 146 valence electrons. The van der Waals surface area contributed by atoms with Gasteiger partial charge in [-0.3, -0.25) is 4.79 Å². The van der Waals surface area contributed by atoms with Gasteiger partial charge in [0.1, 0.15) is 5.75 Å². The van der Waals surface area contributed by atoms with Crippen molar-refractivity contribution in [1.29, 1.82) is 0 Å². The van der Waals surface area contributed by atoms with Gasteiger partial charge in [0.2, 0.25) is 0 Å². The van der Waals surface area contributed by atoms with Gasteiger partial charge in [-0.05, 0) is 55.7 Å². The number of hydrogen-bond donors (Lipinski definition) is 2. The van der Waals surface area contributed by atoms with Crippen LogP contribution in [0.4, 0.5) is 5.69 Å². The number of nitrogens with one attached hydrogen (secondary N) is 1. The molecule has 0 bridgehead atoms. The Hall–Kier alpha value is -2.73. The van der Waals surface area contributed by atoms with E-state index in [4.69, 9.17) is 15.2 Å². The minimum absolute atomic E-state index is 0. The number of nitrogen functional groups attached to an aromatic ring is 1. The van der Waals surface area contributed by atoms with Crippen molar-refractivity contribution in [3.8, 4) is 5.75 Å². The number of carbonyl (C=O) groups is 2. The molecule has 0 spiro atoms. The summed E-state index contributed by atoms with van der Waals surface area (Å²) in [6, 6.07) is 12.7. The number of amides is 1. The molecule has 27 heavy (non-hydrogen) atoms. The molecule has 0 saturated heterocycles. The molecule has 0 saturated carbocycles. The zero-order valence-corrected chi connectivity index (χ0v) is 16.3. The Bertz CT molecular complexity index is 763. The summed E-state index contributed by atoms with van der Waals surface area (Å²) in [6.45, 7) is 4.36. The van der Waals surface area contributed by atoms with E-state index in [1.54, 1.807) is 31.2 Å². The standard InChI is InChI=1S/C20H24N2O4.ClH/c1-3-25-19(23)13-26-17-8-5-15(6-9-17)10-11-22-20(24)18-12-16(21)7-4-14(18)2;/h4-9,12H,3,10-11,13,21H2,1-2H3,(H,22,24);1H. The van der Waals surface area contributed by atoms with E-state index in [1.165, 1.54) is 0 Å². The molecule has 0 aromatic heterocycles. The number of anilines is 1. The average Bonchev–Trinajstić information content (AvgIpc) is 2.63. The van der Waals surface area contributed by atoms with Crippen LogP contribution in [0.2, 0.25) is 0 Å². The Balaban J connectivity index is 0.00000364. The third-order valence-electron chi connectivity index (χ3n) is 3.79. The summed E-state index contributed by atoms with van der Waals surface area (Å²) in [6.07, 6.45) is 0.686. The lowest BCUT2D eigenvalue weighted by molar-refractivity contribution is -0.145. The van der Waals surface area contributed by atoms with Crippen LogP contribution in [0.5, 0.6) is 5.75 Å². The van der Waals surface area contributed by atoms with Gasteiger partial charge in [-0.1, -0.05) is 18.2 Å². The molecule has 0 heterocycles. The smallest absolute Gasteiger partial charge is 0.344 e. The van der Waals surface area contributed by atoms with Gasteiger partial charge in [0.05, 0.1) is 6.61 Å². The molecule has 0 atom stereocenters. The molecular weight excluding hydrogens is 368 g/mol. The largest absolute Gasteiger partial charge is 0.482 e. The molecule has 0 fully saturated rings. The number of halogens is 1. The molecule has 0 radical (unpaired) electrons. The Morgan fingerprint density at radius 3 is 2.48 bits per heavy atom. The lowest BCUT2D eigenvalue weighted by atomic mass is 10.1. The molecule has 0 unspecified atom stereocenters. The van der Waals surface area contributed by atoms with Crippen molar-refractivity contribution in [2.75, 3.05) is 25.5 Å². The van der Waals surface area contributed by atoms with Crippen LogP contribution in [-0.2, 0) is 16.0 Å². The first-order valence-electron chi connectivity index (χ1n) is 8.51. The Morgan fingerprint density at radius 2 is 1.81 bits per heavy atom. The number of benzene rings is 2. The van der Waals surface area contributed by atoms with E-state index in [0.717, 1.165) is 11.1 Å². The third-order valence-corrected chi connectivity index (χ3v) is 3.79. The van der Waals surface area contributed by atoms with Gasteiger partial charge < -0.3 is 20.5 Å². The number of carbonyl (C=O) groups excluding carboxylic acids is 2. The zero-order valence-electron chi connectivity index (χ0n) is 15.5. The number of esters is 1. The summed E-state index contributed by atoms with van der Waals surface area (Å²) in [5, 5.41) is 2.90. The van der Waals surface area contributed by atoms with Crippen LogP contribution in [0, 0.1) is 6.92 Å². The van der Waals surface area contributed by atoms with Crippen LogP contribution in [0.1, 0.15) is 28.4 Å². The Labute approximate surface area is 165 Å². The molecule has 6 nitrogen and oxygen atoms in total. The second-order valence-electron chi connectivity index (χ2n) is 5.82. The predicted octanol–water partition coefficient (Wildman–Crippen LogP) is 2.91. The maximum atomic E-state index is 12.2. The van der Waals surface area contributed by atoms with Crippen molar-refractivity contribution < 1.29 is 19.1 Å². The number of rotatable bonds is 8. The van der Waals surface area contributed by atoms with Crippen LogP contribution in [0.25, 0.3) is 0 Å². The number of hydrogen-bond acceptors (Lipinski definition) is 5. The predicted molar refractivity (Wildman–Crippen MR) is 107 cm³/mol. The summed E-state index contributed by atoms with van der Waals surface area (Å²) in [5.41, 5.74) is 8.84. The van der Waals surface area contributed by atoms with Crippen molar-refractivity contribution in [3.63, 3.8) is 0 Å². The van der Waals surface area contributed by atoms with Crippen molar-refractivity contribution in [3.05, 3.63) is 59.2 Å². The van der Waals surface area contributed by atoms with Gasteiger partial charge in [-0.2, -0.15) is 0 Å². The quantitative estimate of drug-likeness (QED) is 0.532. The SMILES string of the molecule is CCOC(=O)COc1ccc(CCNC(=O)c2cc(N)ccc2C)cc1.Cl. The van der Waals surface area contributed by atoms with E-state index in [0.29, 0.717) is 36.6 Å². The highest BCUT2D eigenvalue weighted by Crippen LogP contribution is 2.14. The number of aryl methyl sites for hydroxylation is 1. The Kier molecular flexibility index (Phi) is 9.16. The van der Waals surface area contributed by atoms with Crippen molar-refractivity contribution in [2.45, 2.75) is 20.3 Å². The molecule has 2 aromatic carbocycles. The lowest BCUT2D eigenvalue weighted by Crippen LogP contribution is -2.26. The molecule has 0 aliphatic heterocycles. The van der Waals surface area contributed by atoms with Gasteiger partial charge in [-0.15, -0.1) is 12.4 Å². The molecule has 3 N–H and O–H groups in total. The zero-order chi connectivity index (χ0) is 18.9. The first-order chi connectivity index (χ1) is 12.5. The summed E-state index contributed by atoms with van der Waals surface area (Å²) >= 11 is 0. The highest BCUT2D eigenvalue weighted by molar-refractivity contribution is 5.96. The fourth-order valence-corrected chi connectivity index (χ4v) is 2.40. The van der Waals surface area contributed by atoms with E-state index in [1.807, 2.05) is 25.1 Å². The fourth-order valence-electron chi connectivity index (χ4n) is 2.40. The highest BCUT2D eigenvalue weighted by atomic mass is 35.5. The van der Waals surface area contributed by atoms with E-state index in [9.17, 15) is 9.59 Å². The van der Waals surface area contributed by atoms with Gasteiger partial charge in [0.25, 0.3) is 5.91 Å². The van der Waals surface area contributed by atoms with Gasteiger partial charge >= 0.3 is 5.97 Å². The maximum absolute atomic E-state index is 12.2. The molecule has 2 aromatic rings. The van der Waals surface area contributed by atoms with E-state index >= 15 is 0 Å². The normalized spacial score (nSPS) is 9.85. The van der Waals surface area contributed by atoms with E-state index in [-0.39, 0.29) is 24.9 Å². The number of ether oxygens (including phenoxy) is 2. The number of nitrogens with two attached hydrogens (primary N) is 1. The summed E-state index contributed by atoms with van der Waals surface area (Å²) in [5.74, 6) is 0.0709. The minimum atomic E-state index is -0.392. The van der Waals surface area contributed by atoms with E-state index < -0.39 is 5.97 Å². The van der Waals surface area contributed by atoms with Gasteiger partial charge in [0.15, 0.2) is 6.61 Å².